The highest BCUT2D eigenvalue weighted by atomic mass is 32.2. The molecule has 0 saturated carbocycles. The van der Waals surface area contributed by atoms with Crippen molar-refractivity contribution in [3.63, 3.8) is 0 Å². The number of hydrogen-bond acceptors (Lipinski definition) is 6. The minimum Gasteiger partial charge on any atom is -0.385 e. The lowest BCUT2D eigenvalue weighted by Gasteiger charge is -2.13. The van der Waals surface area contributed by atoms with Gasteiger partial charge in [-0.1, -0.05) is 18.7 Å². The number of hydrogen-bond donors (Lipinski definition) is 3. The minimum absolute atomic E-state index is 0.0727. The van der Waals surface area contributed by atoms with Gasteiger partial charge < -0.3 is 10.1 Å². The number of amides is 1. The third-order valence-corrected chi connectivity index (χ3v) is 3.75. The van der Waals surface area contributed by atoms with E-state index in [0.29, 0.717) is 19.6 Å². The predicted octanol–water partition coefficient (Wildman–Crippen LogP) is -0.518. The summed E-state index contributed by atoms with van der Waals surface area (Å²) in [6.07, 6.45) is 1.27. The Kier molecular flexibility index (Phi) is 7.02. The van der Waals surface area contributed by atoms with Crippen LogP contribution in [0.25, 0.3) is 0 Å². The van der Waals surface area contributed by atoms with E-state index in [1.165, 1.54) is 0 Å². The summed E-state index contributed by atoms with van der Waals surface area (Å²) in [7, 11) is 1.60. The van der Waals surface area contributed by atoms with Crippen LogP contribution >= 0.6 is 11.8 Å². The Morgan fingerprint density at radius 3 is 2.85 bits per heavy atom. The highest BCUT2D eigenvalue weighted by Crippen LogP contribution is 2.19. The Hall–Kier alpha value is -1.61. The fourth-order valence-electron chi connectivity index (χ4n) is 1.42. The van der Waals surface area contributed by atoms with Gasteiger partial charge in [0, 0.05) is 20.3 Å². The number of rotatable bonds is 8. The fourth-order valence-corrected chi connectivity index (χ4v) is 2.30. The van der Waals surface area contributed by atoms with Gasteiger partial charge in [0.2, 0.25) is 5.91 Å². The van der Waals surface area contributed by atoms with E-state index in [4.69, 9.17) is 4.74 Å². The van der Waals surface area contributed by atoms with Gasteiger partial charge in [-0.2, -0.15) is 5.10 Å². The first-order chi connectivity index (χ1) is 9.58. The highest BCUT2D eigenvalue weighted by Gasteiger charge is 2.20. The molecule has 1 amide bonds. The molecule has 3 N–H and O–H groups in total. The third kappa shape index (κ3) is 5.17. The zero-order valence-corrected chi connectivity index (χ0v) is 12.2. The molecule has 0 aliphatic carbocycles. The first kappa shape index (κ1) is 16.4. The van der Waals surface area contributed by atoms with Gasteiger partial charge >= 0.3 is 5.69 Å². The van der Waals surface area contributed by atoms with Crippen LogP contribution in [0, 0.1) is 0 Å². The molecule has 1 aromatic heterocycles. The Balaban J connectivity index is 2.59. The van der Waals surface area contributed by atoms with E-state index in [1.807, 2.05) is 6.92 Å². The molecular formula is C11H18N4O4S. The maximum Gasteiger partial charge on any atom is 0.342 e. The van der Waals surface area contributed by atoms with Gasteiger partial charge in [0.15, 0.2) is 5.03 Å². The molecule has 0 aliphatic heterocycles. The summed E-state index contributed by atoms with van der Waals surface area (Å²) < 4.78 is 4.89. The third-order valence-electron chi connectivity index (χ3n) is 2.42. The summed E-state index contributed by atoms with van der Waals surface area (Å²) in [5.41, 5.74) is -1.26. The largest absolute Gasteiger partial charge is 0.385 e. The minimum atomic E-state index is -0.670. The summed E-state index contributed by atoms with van der Waals surface area (Å²) >= 11 is 1.03. The van der Waals surface area contributed by atoms with Gasteiger partial charge in [-0.25, -0.2) is 9.89 Å². The molecule has 0 radical (unpaired) electrons. The smallest absolute Gasteiger partial charge is 0.342 e. The summed E-state index contributed by atoms with van der Waals surface area (Å²) in [5, 5.41) is 8.19. The lowest BCUT2D eigenvalue weighted by molar-refractivity contribution is -0.120. The summed E-state index contributed by atoms with van der Waals surface area (Å²) in [6, 6.07) is 0. The second-order valence-electron chi connectivity index (χ2n) is 3.96. The number of carbonyl (C=O) groups excluding carboxylic acids is 1. The summed E-state index contributed by atoms with van der Waals surface area (Å²) in [6.45, 7) is 2.93. The van der Waals surface area contributed by atoms with Crippen molar-refractivity contribution in [1.82, 2.24) is 20.5 Å². The van der Waals surface area contributed by atoms with Gasteiger partial charge in [0.05, 0.1) is 5.25 Å². The lowest BCUT2D eigenvalue weighted by Crippen LogP contribution is -2.34. The maximum atomic E-state index is 11.9. The lowest BCUT2D eigenvalue weighted by atomic mass is 10.3. The Bertz CT molecular complexity index is 542. The highest BCUT2D eigenvalue weighted by molar-refractivity contribution is 8.00. The van der Waals surface area contributed by atoms with Crippen LogP contribution < -0.4 is 16.6 Å². The Morgan fingerprint density at radius 1 is 1.50 bits per heavy atom. The standard InChI is InChI=1S/C11H18N4O4S/c1-3-7(8(16)12-5-4-6-19-2)20-10-9(17)13-11(18)15-14-10/h7H,3-6H2,1-2H3,(H,12,16)(H2,13,15,17,18)/t7-/m1/s1. The average molecular weight is 302 g/mol. The van der Waals surface area contributed by atoms with Crippen molar-refractivity contribution in [3.05, 3.63) is 20.8 Å². The number of aromatic amines is 2. The molecule has 9 heteroatoms. The van der Waals surface area contributed by atoms with Crippen LogP contribution in [0.15, 0.2) is 14.6 Å². The number of H-pyrrole nitrogens is 2. The van der Waals surface area contributed by atoms with Crippen LogP contribution in [-0.2, 0) is 9.53 Å². The van der Waals surface area contributed by atoms with Crippen LogP contribution in [0.2, 0.25) is 0 Å². The number of thioether (sulfide) groups is 1. The molecule has 1 rings (SSSR count). The number of carbonyl (C=O) groups is 1. The molecule has 20 heavy (non-hydrogen) atoms. The molecule has 0 spiro atoms. The van der Waals surface area contributed by atoms with Crippen LogP contribution in [0.5, 0.6) is 0 Å². The number of ether oxygens (including phenoxy) is 1. The molecule has 1 heterocycles. The van der Waals surface area contributed by atoms with Crippen molar-refractivity contribution in [2.75, 3.05) is 20.3 Å². The van der Waals surface area contributed by atoms with Crippen LogP contribution in [0.3, 0.4) is 0 Å². The van der Waals surface area contributed by atoms with E-state index in [1.54, 1.807) is 7.11 Å². The number of methoxy groups -OCH3 is 1. The summed E-state index contributed by atoms with van der Waals surface area (Å²) in [5.74, 6) is -0.166. The Morgan fingerprint density at radius 2 is 2.25 bits per heavy atom. The van der Waals surface area contributed by atoms with Crippen molar-refractivity contribution in [1.29, 1.82) is 0 Å². The maximum absolute atomic E-state index is 11.9. The van der Waals surface area contributed by atoms with Crippen molar-refractivity contribution in [3.8, 4) is 0 Å². The van der Waals surface area contributed by atoms with E-state index in [2.05, 4.69) is 20.5 Å². The fraction of sp³-hybridized carbons (Fsp3) is 0.636. The van der Waals surface area contributed by atoms with Gasteiger partial charge in [-0.05, 0) is 12.8 Å². The molecule has 0 saturated heterocycles. The average Bonchev–Trinajstić information content (AvgIpc) is 2.42. The van der Waals surface area contributed by atoms with Crippen LogP contribution in [-0.4, -0.2) is 46.6 Å². The van der Waals surface area contributed by atoms with Crippen molar-refractivity contribution < 1.29 is 9.53 Å². The molecule has 1 aromatic rings. The molecule has 1 atom stereocenters. The molecule has 0 aromatic carbocycles. The van der Waals surface area contributed by atoms with Gasteiger partial charge in [0.1, 0.15) is 0 Å². The van der Waals surface area contributed by atoms with E-state index in [-0.39, 0.29) is 10.9 Å². The normalized spacial score (nSPS) is 12.1. The summed E-state index contributed by atoms with van der Waals surface area (Å²) in [4.78, 5) is 36.4. The van der Waals surface area contributed by atoms with Gasteiger partial charge in [0.25, 0.3) is 5.56 Å². The molecule has 112 valence electrons. The van der Waals surface area contributed by atoms with E-state index >= 15 is 0 Å². The van der Waals surface area contributed by atoms with Crippen molar-refractivity contribution in [2.45, 2.75) is 30.0 Å². The van der Waals surface area contributed by atoms with Crippen molar-refractivity contribution in [2.24, 2.45) is 0 Å². The molecule has 8 nitrogen and oxygen atoms in total. The topological polar surface area (TPSA) is 117 Å². The van der Waals surface area contributed by atoms with Crippen LogP contribution in [0.4, 0.5) is 0 Å². The number of aromatic nitrogens is 3. The van der Waals surface area contributed by atoms with E-state index in [9.17, 15) is 14.4 Å². The molecule has 0 unspecified atom stereocenters. The van der Waals surface area contributed by atoms with E-state index in [0.717, 1.165) is 18.2 Å². The zero-order valence-electron chi connectivity index (χ0n) is 11.4. The molecular weight excluding hydrogens is 284 g/mol. The van der Waals surface area contributed by atoms with Gasteiger partial charge in [-0.15, -0.1) is 0 Å². The first-order valence-electron chi connectivity index (χ1n) is 6.20. The predicted molar refractivity (Wildman–Crippen MR) is 74.9 cm³/mol. The first-order valence-corrected chi connectivity index (χ1v) is 7.08. The van der Waals surface area contributed by atoms with E-state index < -0.39 is 16.5 Å². The quantitative estimate of drug-likeness (QED) is 0.439. The Labute approximate surface area is 119 Å². The van der Waals surface area contributed by atoms with Gasteiger partial charge in [-0.3, -0.25) is 14.6 Å². The SMILES string of the molecule is CC[C@@H](Sc1n[nH]c(=O)[nH]c1=O)C(=O)NCCCOC. The molecule has 0 fully saturated rings. The van der Waals surface area contributed by atoms with Crippen molar-refractivity contribution >= 4 is 17.7 Å². The second kappa shape index (κ2) is 8.54. The second-order valence-corrected chi connectivity index (χ2v) is 5.16. The monoisotopic (exact) mass is 302 g/mol. The number of nitrogens with zero attached hydrogens (tertiary/aromatic N) is 1. The van der Waals surface area contributed by atoms with Crippen LogP contribution in [0.1, 0.15) is 19.8 Å². The number of nitrogens with one attached hydrogen (secondary N) is 3. The molecule has 0 bridgehead atoms. The molecule has 0 aliphatic rings. The zero-order chi connectivity index (χ0) is 15.0.